The Hall–Kier alpha value is -3.34. The van der Waals surface area contributed by atoms with Crippen LogP contribution in [0.5, 0.6) is 0 Å². The molecule has 2 atom stereocenters. The maximum absolute atomic E-state index is 14.9. The average Bonchev–Trinajstić information content (AvgIpc) is 3.70. The molecule has 1 saturated carbocycles. The van der Waals surface area contributed by atoms with Crippen molar-refractivity contribution in [3.63, 3.8) is 0 Å². The molecule has 2 aromatic carbocycles. The number of phosphoric ester groups is 1. The third-order valence-corrected chi connectivity index (χ3v) is 8.27. The molecule has 0 radical (unpaired) electrons. The summed E-state index contributed by atoms with van der Waals surface area (Å²) in [5.74, 6) is -2.43. The van der Waals surface area contributed by atoms with E-state index in [9.17, 15) is 27.9 Å². The number of phosphoric acid groups is 1. The van der Waals surface area contributed by atoms with E-state index in [2.05, 4.69) is 20.7 Å². The van der Waals surface area contributed by atoms with Crippen molar-refractivity contribution in [1.29, 1.82) is 5.26 Å². The molecule has 11 nitrogen and oxygen atoms in total. The highest BCUT2D eigenvalue weighted by Gasteiger charge is 2.53. The Morgan fingerprint density at radius 1 is 1.32 bits per heavy atom. The molecule has 1 heterocycles. The van der Waals surface area contributed by atoms with E-state index >= 15 is 0 Å². The van der Waals surface area contributed by atoms with Gasteiger partial charge in [-0.2, -0.15) is 10.4 Å². The van der Waals surface area contributed by atoms with Crippen LogP contribution in [0.25, 0.3) is 0 Å². The standard InChI is InChI=1S/C25H27F2N6O5PS/c1-29-24(31-15-28)30-13-5-12-25(17-6-3-2-4-7-17)33(23(34)21(16-8-9-16)38-39(35,36)37)32-22(40-25)19-14-18(26)10-11-20(19)27/h2-4,6-7,10-11,14,16,21H,5,8-9,12-13H2,1H3,(H2,29,30,31)(H2,35,36,37)/t21-,25?/m0/s1. The molecule has 1 unspecified atom stereocenters. The summed E-state index contributed by atoms with van der Waals surface area (Å²) in [5, 5.41) is 20.1. The SMILES string of the molecule is CN/C(=N/C#N)NCCCC1(c2ccccc2)SC(c2cc(F)ccc2F)=NN1C(=O)[C@@H](OP(=O)(O)O)C1CC1. The minimum absolute atomic E-state index is 0.0230. The number of nitriles is 1. The molecule has 0 saturated heterocycles. The number of carbonyl (C=O) groups excluding carboxylic acids is 1. The van der Waals surface area contributed by atoms with Gasteiger partial charge in [0.25, 0.3) is 5.91 Å². The van der Waals surface area contributed by atoms with Crippen LogP contribution in [0.1, 0.15) is 36.8 Å². The Bertz CT molecular complexity index is 1400. The average molecular weight is 593 g/mol. The number of rotatable bonds is 10. The minimum Gasteiger partial charge on any atom is -0.359 e. The second-order valence-electron chi connectivity index (χ2n) is 9.13. The van der Waals surface area contributed by atoms with Crippen molar-refractivity contribution in [1.82, 2.24) is 15.6 Å². The third kappa shape index (κ3) is 6.86. The summed E-state index contributed by atoms with van der Waals surface area (Å²) in [7, 11) is -3.46. The number of carbonyl (C=O) groups is 1. The van der Waals surface area contributed by atoms with Crippen LogP contribution in [-0.2, 0) is 18.8 Å². The molecule has 1 amide bonds. The van der Waals surface area contributed by atoms with Crippen LogP contribution >= 0.6 is 19.6 Å². The van der Waals surface area contributed by atoms with E-state index in [0.717, 1.165) is 35.0 Å². The molecule has 40 heavy (non-hydrogen) atoms. The van der Waals surface area contributed by atoms with Gasteiger partial charge in [0.05, 0.1) is 0 Å². The molecule has 2 aromatic rings. The highest BCUT2D eigenvalue weighted by Crippen LogP contribution is 2.53. The summed E-state index contributed by atoms with van der Waals surface area (Å²) in [6.45, 7) is 0.313. The Kier molecular flexibility index (Phi) is 9.22. The maximum Gasteiger partial charge on any atom is 0.470 e. The summed E-state index contributed by atoms with van der Waals surface area (Å²) < 4.78 is 45.7. The number of hydrogen-bond donors (Lipinski definition) is 4. The fraction of sp³-hybridized carbons (Fsp3) is 0.360. The van der Waals surface area contributed by atoms with Crippen molar-refractivity contribution in [3.8, 4) is 6.19 Å². The normalized spacial score (nSPS) is 20.1. The first kappa shape index (κ1) is 29.6. The number of hydrogen-bond acceptors (Lipinski definition) is 7. The summed E-state index contributed by atoms with van der Waals surface area (Å²) in [6, 6.07) is 11.7. The predicted octanol–water partition coefficient (Wildman–Crippen LogP) is 3.37. The maximum atomic E-state index is 14.9. The Morgan fingerprint density at radius 3 is 2.67 bits per heavy atom. The van der Waals surface area contributed by atoms with Crippen LogP contribution in [0, 0.1) is 29.0 Å². The van der Waals surface area contributed by atoms with Crippen LogP contribution in [0.15, 0.2) is 58.6 Å². The van der Waals surface area contributed by atoms with Gasteiger partial charge in [-0.1, -0.05) is 42.1 Å². The molecular weight excluding hydrogens is 565 g/mol. The number of nitrogens with zero attached hydrogens (tertiary/aromatic N) is 4. The zero-order chi connectivity index (χ0) is 28.9. The van der Waals surface area contributed by atoms with Gasteiger partial charge in [0.15, 0.2) is 6.10 Å². The lowest BCUT2D eigenvalue weighted by molar-refractivity contribution is -0.144. The molecular formula is C25H27F2N6O5PS. The van der Waals surface area contributed by atoms with Crippen LogP contribution in [0.2, 0.25) is 0 Å². The van der Waals surface area contributed by atoms with Crippen LogP contribution < -0.4 is 10.6 Å². The molecule has 4 rings (SSSR count). The monoisotopic (exact) mass is 592 g/mol. The molecule has 15 heteroatoms. The molecule has 1 aliphatic heterocycles. The summed E-state index contributed by atoms with van der Waals surface area (Å²) >= 11 is 1.04. The molecule has 1 aliphatic carbocycles. The molecule has 4 N–H and O–H groups in total. The molecule has 0 spiro atoms. The number of thioether (sulfide) groups is 1. The lowest BCUT2D eigenvalue weighted by Crippen LogP contribution is -2.47. The van der Waals surface area contributed by atoms with E-state index in [1.807, 2.05) is 0 Å². The van der Waals surface area contributed by atoms with Crippen LogP contribution in [-0.4, -0.2) is 51.4 Å². The topological polar surface area (TPSA) is 160 Å². The first-order valence-electron chi connectivity index (χ1n) is 12.3. The van der Waals surface area contributed by atoms with Gasteiger partial charge in [-0.15, -0.1) is 4.99 Å². The number of aliphatic imine (C=N–C) groups is 1. The fourth-order valence-electron chi connectivity index (χ4n) is 4.34. The Balaban J connectivity index is 1.77. The van der Waals surface area contributed by atoms with Crippen molar-refractivity contribution in [2.75, 3.05) is 13.6 Å². The second-order valence-corrected chi connectivity index (χ2v) is 11.6. The zero-order valence-electron chi connectivity index (χ0n) is 21.3. The number of hydrazone groups is 1. The second kappa shape index (κ2) is 12.4. The van der Waals surface area contributed by atoms with Gasteiger partial charge < -0.3 is 20.4 Å². The molecule has 2 aliphatic rings. The van der Waals surface area contributed by atoms with E-state index < -0.39 is 42.3 Å². The molecule has 0 bridgehead atoms. The van der Waals surface area contributed by atoms with Gasteiger partial charge >= 0.3 is 7.82 Å². The summed E-state index contributed by atoms with van der Waals surface area (Å²) in [6.07, 6.45) is 1.86. The first-order chi connectivity index (χ1) is 19.1. The van der Waals surface area contributed by atoms with Gasteiger partial charge in [-0.3, -0.25) is 9.32 Å². The first-order valence-corrected chi connectivity index (χ1v) is 14.7. The fourth-order valence-corrected chi connectivity index (χ4v) is 6.33. The van der Waals surface area contributed by atoms with Crippen LogP contribution in [0.3, 0.4) is 0 Å². The van der Waals surface area contributed by atoms with Gasteiger partial charge in [0, 0.05) is 19.2 Å². The molecule has 1 fully saturated rings. The predicted molar refractivity (Wildman–Crippen MR) is 144 cm³/mol. The Morgan fingerprint density at radius 2 is 2.05 bits per heavy atom. The summed E-state index contributed by atoms with van der Waals surface area (Å²) in [5.41, 5.74) is 0.449. The third-order valence-electron chi connectivity index (χ3n) is 6.32. The highest BCUT2D eigenvalue weighted by atomic mass is 32.2. The number of amides is 1. The smallest absolute Gasteiger partial charge is 0.359 e. The van der Waals surface area contributed by atoms with Crippen molar-refractivity contribution >= 4 is 36.5 Å². The number of halogens is 2. The zero-order valence-corrected chi connectivity index (χ0v) is 23.0. The van der Waals surface area contributed by atoms with E-state index in [0.29, 0.717) is 31.4 Å². The van der Waals surface area contributed by atoms with E-state index in [1.54, 1.807) is 43.6 Å². The van der Waals surface area contributed by atoms with Crippen molar-refractivity contribution < 1.29 is 32.5 Å². The van der Waals surface area contributed by atoms with E-state index in [-0.39, 0.29) is 23.0 Å². The van der Waals surface area contributed by atoms with Crippen LogP contribution in [0.4, 0.5) is 8.78 Å². The minimum atomic E-state index is -5.05. The number of nitrogens with one attached hydrogen (secondary N) is 2. The van der Waals surface area contributed by atoms with Gasteiger partial charge in [-0.25, -0.2) is 18.4 Å². The Labute approximate surface area is 233 Å². The largest absolute Gasteiger partial charge is 0.470 e. The lowest BCUT2D eigenvalue weighted by Gasteiger charge is -2.37. The van der Waals surface area contributed by atoms with E-state index in [1.165, 1.54) is 0 Å². The van der Waals surface area contributed by atoms with Crippen molar-refractivity contribution in [2.45, 2.75) is 36.7 Å². The van der Waals surface area contributed by atoms with Gasteiger partial charge in [-0.05, 0) is 55.4 Å². The summed E-state index contributed by atoms with van der Waals surface area (Å²) in [4.78, 5) is 35.4. The lowest BCUT2D eigenvalue weighted by atomic mass is 9.99. The quantitative estimate of drug-likeness (QED) is 0.107. The highest BCUT2D eigenvalue weighted by molar-refractivity contribution is 8.15. The van der Waals surface area contributed by atoms with Crippen molar-refractivity contribution in [3.05, 3.63) is 71.3 Å². The van der Waals surface area contributed by atoms with Gasteiger partial charge in [0.2, 0.25) is 12.2 Å². The molecule has 0 aromatic heterocycles. The number of guanidine groups is 1. The molecule has 212 valence electrons. The van der Waals surface area contributed by atoms with Gasteiger partial charge in [0.1, 0.15) is 21.5 Å². The van der Waals surface area contributed by atoms with E-state index in [4.69, 9.17) is 9.79 Å². The number of benzene rings is 2. The van der Waals surface area contributed by atoms with Crippen molar-refractivity contribution in [2.24, 2.45) is 16.0 Å².